The molecule has 2 rings (SSSR count). The van der Waals surface area contributed by atoms with Crippen molar-refractivity contribution in [2.45, 2.75) is 43.9 Å². The smallest absolute Gasteiger partial charge is 0.335 e. The van der Waals surface area contributed by atoms with Crippen LogP contribution in [-0.2, 0) is 14.6 Å². The van der Waals surface area contributed by atoms with Gasteiger partial charge in [-0.05, 0) is 37.5 Å². The summed E-state index contributed by atoms with van der Waals surface area (Å²) in [5.74, 6) is -1.41. The summed E-state index contributed by atoms with van der Waals surface area (Å²) in [5, 5.41) is 11.9. The second-order valence-corrected chi connectivity index (χ2v) is 8.13. The van der Waals surface area contributed by atoms with Crippen LogP contribution in [0.2, 0.25) is 0 Å². The molecule has 1 aromatic rings. The van der Waals surface area contributed by atoms with Gasteiger partial charge in [-0.15, -0.1) is 0 Å². The lowest BCUT2D eigenvalue weighted by molar-refractivity contribution is -0.125. The highest BCUT2D eigenvalue weighted by atomic mass is 32.2. The molecule has 0 heterocycles. The Morgan fingerprint density at radius 1 is 1.22 bits per heavy atom. The predicted octanol–water partition coefficient (Wildman–Crippen LogP) is 2.70. The lowest BCUT2D eigenvalue weighted by atomic mass is 9.82. The standard InChI is InChI=1S/C16H21NO5S/c1-3-16(6-4-5-7-16)15(20)17-12-8-11(14(18)19)9-13(10-12)23(2,21)22/h8-10H,3-7H2,1-2H3,(H,17,20)(H,18,19). The second-order valence-electron chi connectivity index (χ2n) is 6.12. The lowest BCUT2D eigenvalue weighted by Gasteiger charge is -2.26. The van der Waals surface area contributed by atoms with Crippen LogP contribution in [0.5, 0.6) is 0 Å². The van der Waals surface area contributed by atoms with Crippen LogP contribution < -0.4 is 5.32 Å². The molecule has 0 aromatic heterocycles. The highest BCUT2D eigenvalue weighted by Crippen LogP contribution is 2.42. The van der Waals surface area contributed by atoms with E-state index in [-0.39, 0.29) is 22.1 Å². The molecule has 1 amide bonds. The van der Waals surface area contributed by atoms with E-state index in [2.05, 4.69) is 5.32 Å². The van der Waals surface area contributed by atoms with Gasteiger partial charge in [0.2, 0.25) is 5.91 Å². The van der Waals surface area contributed by atoms with Gasteiger partial charge in [0.15, 0.2) is 9.84 Å². The summed E-state index contributed by atoms with van der Waals surface area (Å²) in [5.41, 5.74) is -0.403. The van der Waals surface area contributed by atoms with Gasteiger partial charge in [-0.3, -0.25) is 4.79 Å². The maximum atomic E-state index is 12.6. The fraction of sp³-hybridized carbons (Fsp3) is 0.500. The Balaban J connectivity index is 2.37. The second kappa shape index (κ2) is 6.31. The summed E-state index contributed by atoms with van der Waals surface area (Å²) in [7, 11) is -3.57. The van der Waals surface area contributed by atoms with Crippen LogP contribution in [-0.4, -0.2) is 31.7 Å². The summed E-state index contributed by atoms with van der Waals surface area (Å²) in [6.45, 7) is 1.96. The van der Waals surface area contributed by atoms with Gasteiger partial charge in [0.25, 0.3) is 0 Å². The molecule has 1 aliphatic rings. The molecular formula is C16H21NO5S. The Kier molecular flexibility index (Phi) is 4.79. The number of nitrogens with one attached hydrogen (secondary N) is 1. The molecule has 1 fully saturated rings. The molecule has 0 saturated heterocycles. The number of carbonyl (C=O) groups is 2. The summed E-state index contributed by atoms with van der Waals surface area (Å²) < 4.78 is 23.4. The highest BCUT2D eigenvalue weighted by molar-refractivity contribution is 7.90. The minimum Gasteiger partial charge on any atom is -0.478 e. The average molecular weight is 339 g/mol. The average Bonchev–Trinajstić information content (AvgIpc) is 2.96. The van der Waals surface area contributed by atoms with E-state index in [9.17, 15) is 18.0 Å². The van der Waals surface area contributed by atoms with Crippen LogP contribution in [0.4, 0.5) is 5.69 Å². The third-order valence-corrected chi connectivity index (χ3v) is 5.65. The fourth-order valence-electron chi connectivity index (χ4n) is 3.07. The van der Waals surface area contributed by atoms with Crippen molar-refractivity contribution in [3.05, 3.63) is 23.8 Å². The van der Waals surface area contributed by atoms with Crippen LogP contribution >= 0.6 is 0 Å². The molecule has 2 N–H and O–H groups in total. The van der Waals surface area contributed by atoms with Gasteiger partial charge in [-0.25, -0.2) is 13.2 Å². The van der Waals surface area contributed by atoms with Crippen molar-refractivity contribution in [1.82, 2.24) is 0 Å². The van der Waals surface area contributed by atoms with Crippen molar-refractivity contribution in [3.63, 3.8) is 0 Å². The van der Waals surface area contributed by atoms with Crippen LogP contribution in [0.1, 0.15) is 49.4 Å². The summed E-state index contributed by atoms with van der Waals surface area (Å²) in [6, 6.07) is 3.68. The lowest BCUT2D eigenvalue weighted by Crippen LogP contribution is -2.33. The van der Waals surface area contributed by atoms with Gasteiger partial charge in [0.1, 0.15) is 0 Å². The SMILES string of the molecule is CCC1(C(=O)Nc2cc(C(=O)O)cc(S(C)(=O)=O)c2)CCCC1. The fourth-order valence-corrected chi connectivity index (χ4v) is 3.75. The maximum absolute atomic E-state index is 12.6. The molecule has 1 aromatic carbocycles. The molecule has 0 spiro atoms. The highest BCUT2D eigenvalue weighted by Gasteiger charge is 2.39. The number of carbonyl (C=O) groups excluding carboxylic acids is 1. The number of carboxylic acid groups (broad SMARTS) is 1. The number of anilines is 1. The molecule has 0 bridgehead atoms. The predicted molar refractivity (Wildman–Crippen MR) is 86.3 cm³/mol. The number of amides is 1. The monoisotopic (exact) mass is 339 g/mol. The van der Waals surface area contributed by atoms with Gasteiger partial charge in [0, 0.05) is 17.4 Å². The molecule has 126 valence electrons. The number of aromatic carboxylic acids is 1. The number of carboxylic acids is 1. The molecule has 0 radical (unpaired) electrons. The maximum Gasteiger partial charge on any atom is 0.335 e. The van der Waals surface area contributed by atoms with Crippen molar-refractivity contribution in [3.8, 4) is 0 Å². The van der Waals surface area contributed by atoms with Gasteiger partial charge in [-0.2, -0.15) is 0 Å². The van der Waals surface area contributed by atoms with Crippen molar-refractivity contribution in [2.24, 2.45) is 5.41 Å². The first-order valence-electron chi connectivity index (χ1n) is 7.58. The molecule has 1 aliphatic carbocycles. The Morgan fingerprint density at radius 3 is 2.30 bits per heavy atom. The molecular weight excluding hydrogens is 318 g/mol. The third kappa shape index (κ3) is 3.72. The molecule has 0 atom stereocenters. The zero-order valence-corrected chi connectivity index (χ0v) is 14.1. The van der Waals surface area contributed by atoms with Crippen LogP contribution in [0.15, 0.2) is 23.1 Å². The van der Waals surface area contributed by atoms with Gasteiger partial charge in [-0.1, -0.05) is 19.8 Å². The minimum absolute atomic E-state index is 0.121. The topological polar surface area (TPSA) is 101 Å². The molecule has 23 heavy (non-hydrogen) atoms. The number of hydrogen-bond donors (Lipinski definition) is 2. The summed E-state index contributed by atoms with van der Waals surface area (Å²) in [4.78, 5) is 23.7. The van der Waals surface area contributed by atoms with Crippen molar-refractivity contribution < 1.29 is 23.1 Å². The number of sulfone groups is 1. The minimum atomic E-state index is -3.57. The molecule has 0 unspecified atom stereocenters. The quantitative estimate of drug-likeness (QED) is 0.859. The molecule has 6 nitrogen and oxygen atoms in total. The number of rotatable bonds is 5. The van der Waals surface area contributed by atoms with E-state index >= 15 is 0 Å². The van der Waals surface area contributed by atoms with Gasteiger partial charge in [0.05, 0.1) is 10.5 Å². The van der Waals surface area contributed by atoms with Crippen molar-refractivity contribution >= 4 is 27.4 Å². The largest absolute Gasteiger partial charge is 0.478 e. The van der Waals surface area contributed by atoms with E-state index < -0.39 is 21.2 Å². The van der Waals surface area contributed by atoms with Crippen molar-refractivity contribution in [1.29, 1.82) is 0 Å². The number of hydrogen-bond acceptors (Lipinski definition) is 4. The molecule has 0 aliphatic heterocycles. The van der Waals surface area contributed by atoms with E-state index in [0.717, 1.165) is 38.0 Å². The Labute approximate surface area is 135 Å². The zero-order chi connectivity index (χ0) is 17.3. The first-order chi connectivity index (χ1) is 10.7. The van der Waals surface area contributed by atoms with E-state index in [1.165, 1.54) is 12.1 Å². The van der Waals surface area contributed by atoms with E-state index in [0.29, 0.717) is 6.42 Å². The number of benzene rings is 1. The van der Waals surface area contributed by atoms with E-state index in [4.69, 9.17) is 5.11 Å². The normalized spacial score (nSPS) is 17.0. The Bertz CT molecular complexity index is 733. The molecule has 1 saturated carbocycles. The van der Waals surface area contributed by atoms with Gasteiger partial charge >= 0.3 is 5.97 Å². The first kappa shape index (κ1) is 17.5. The summed E-state index contributed by atoms with van der Waals surface area (Å²) in [6.07, 6.45) is 5.29. The summed E-state index contributed by atoms with van der Waals surface area (Å²) >= 11 is 0. The van der Waals surface area contributed by atoms with Crippen LogP contribution in [0, 0.1) is 5.41 Å². The van der Waals surface area contributed by atoms with Crippen LogP contribution in [0.3, 0.4) is 0 Å². The van der Waals surface area contributed by atoms with E-state index in [1.54, 1.807) is 0 Å². The van der Waals surface area contributed by atoms with Crippen molar-refractivity contribution in [2.75, 3.05) is 11.6 Å². The first-order valence-corrected chi connectivity index (χ1v) is 9.47. The van der Waals surface area contributed by atoms with Gasteiger partial charge < -0.3 is 10.4 Å². The third-order valence-electron chi connectivity index (χ3n) is 4.56. The van der Waals surface area contributed by atoms with E-state index in [1.807, 2.05) is 6.92 Å². The Morgan fingerprint density at radius 2 is 1.83 bits per heavy atom. The molecule has 7 heteroatoms. The zero-order valence-electron chi connectivity index (χ0n) is 13.3. The van der Waals surface area contributed by atoms with Crippen LogP contribution in [0.25, 0.3) is 0 Å². The Hall–Kier alpha value is -1.89.